The summed E-state index contributed by atoms with van der Waals surface area (Å²) in [6.07, 6.45) is 3.57. The molecule has 0 spiro atoms. The summed E-state index contributed by atoms with van der Waals surface area (Å²) in [6, 6.07) is 5.47. The molecule has 1 fully saturated rings. The SMILES string of the molecule is CCCCOC1CON=C1c1cc(Br)ccc1O[C@@H](CC1CC1)C(=O)O. The van der Waals surface area contributed by atoms with Gasteiger partial charge in [-0.1, -0.05) is 47.3 Å². The van der Waals surface area contributed by atoms with Gasteiger partial charge in [-0.05, 0) is 37.0 Å². The summed E-state index contributed by atoms with van der Waals surface area (Å²) in [5, 5.41) is 13.6. The van der Waals surface area contributed by atoms with Crippen molar-refractivity contribution in [3.05, 3.63) is 28.2 Å². The molecule has 1 unspecified atom stereocenters. The van der Waals surface area contributed by atoms with Gasteiger partial charge in [0.15, 0.2) is 6.10 Å². The normalized spacial score (nSPS) is 20.4. The number of carboxylic acid groups (broad SMARTS) is 1. The zero-order valence-corrected chi connectivity index (χ0v) is 16.4. The molecule has 1 heterocycles. The van der Waals surface area contributed by atoms with Gasteiger partial charge in [0.25, 0.3) is 0 Å². The number of oxime groups is 1. The van der Waals surface area contributed by atoms with Crippen LogP contribution in [0.3, 0.4) is 0 Å². The highest BCUT2D eigenvalue weighted by Gasteiger charge is 2.33. The molecule has 0 radical (unpaired) electrons. The molecule has 142 valence electrons. The summed E-state index contributed by atoms with van der Waals surface area (Å²) in [4.78, 5) is 16.8. The first-order chi connectivity index (χ1) is 12.6. The van der Waals surface area contributed by atoms with Crippen molar-refractivity contribution < 1.29 is 24.2 Å². The van der Waals surface area contributed by atoms with Crippen LogP contribution in [-0.2, 0) is 14.4 Å². The van der Waals surface area contributed by atoms with Crippen LogP contribution >= 0.6 is 15.9 Å². The lowest BCUT2D eigenvalue weighted by atomic mass is 10.0. The number of benzene rings is 1. The monoisotopic (exact) mass is 425 g/mol. The van der Waals surface area contributed by atoms with Crippen molar-refractivity contribution in [2.75, 3.05) is 13.2 Å². The number of nitrogens with zero attached hydrogens (tertiary/aromatic N) is 1. The highest BCUT2D eigenvalue weighted by atomic mass is 79.9. The van der Waals surface area contributed by atoms with E-state index in [-0.39, 0.29) is 6.10 Å². The van der Waals surface area contributed by atoms with Crippen molar-refractivity contribution >= 4 is 27.6 Å². The lowest BCUT2D eigenvalue weighted by Gasteiger charge is -2.19. The number of carbonyl (C=O) groups is 1. The van der Waals surface area contributed by atoms with Gasteiger partial charge in [-0.15, -0.1) is 0 Å². The molecule has 0 aromatic heterocycles. The second-order valence-electron chi connectivity index (χ2n) is 6.75. The number of hydrogen-bond acceptors (Lipinski definition) is 5. The average molecular weight is 426 g/mol. The molecule has 3 rings (SSSR count). The van der Waals surface area contributed by atoms with Gasteiger partial charge in [0.05, 0.1) is 0 Å². The largest absolute Gasteiger partial charge is 0.479 e. The van der Waals surface area contributed by atoms with Crippen LogP contribution in [0.15, 0.2) is 27.8 Å². The van der Waals surface area contributed by atoms with Gasteiger partial charge in [-0.25, -0.2) is 4.79 Å². The molecule has 1 N–H and O–H groups in total. The van der Waals surface area contributed by atoms with Crippen molar-refractivity contribution in [1.82, 2.24) is 0 Å². The molecule has 1 aromatic rings. The van der Waals surface area contributed by atoms with E-state index >= 15 is 0 Å². The van der Waals surface area contributed by atoms with Crippen LogP contribution in [0.1, 0.15) is 44.6 Å². The predicted octanol–water partition coefficient (Wildman–Crippen LogP) is 4.00. The molecule has 2 atom stereocenters. The molecule has 0 saturated heterocycles. The van der Waals surface area contributed by atoms with Crippen LogP contribution in [0.5, 0.6) is 5.75 Å². The summed E-state index contributed by atoms with van der Waals surface area (Å²) < 4.78 is 12.6. The maximum atomic E-state index is 11.6. The highest BCUT2D eigenvalue weighted by molar-refractivity contribution is 9.10. The van der Waals surface area contributed by atoms with Crippen LogP contribution < -0.4 is 4.74 Å². The quantitative estimate of drug-likeness (QED) is 0.573. The van der Waals surface area contributed by atoms with Gasteiger partial charge < -0.3 is 19.4 Å². The summed E-state index contributed by atoms with van der Waals surface area (Å²) in [6.45, 7) is 3.10. The Labute approximate surface area is 161 Å². The Balaban J connectivity index is 1.79. The number of hydrogen-bond donors (Lipinski definition) is 1. The van der Waals surface area contributed by atoms with E-state index in [9.17, 15) is 9.90 Å². The van der Waals surface area contributed by atoms with E-state index in [1.807, 2.05) is 12.1 Å². The van der Waals surface area contributed by atoms with Crippen LogP contribution in [0.2, 0.25) is 0 Å². The molecule has 1 saturated carbocycles. The summed E-state index contributed by atoms with van der Waals surface area (Å²) in [5.74, 6) is 0.00740. The Morgan fingerprint density at radius 2 is 2.27 bits per heavy atom. The van der Waals surface area contributed by atoms with Gasteiger partial charge in [-0.2, -0.15) is 0 Å². The first-order valence-electron chi connectivity index (χ1n) is 9.09. The fourth-order valence-electron chi connectivity index (χ4n) is 2.85. The molecule has 6 nitrogen and oxygen atoms in total. The molecule has 2 aliphatic rings. The van der Waals surface area contributed by atoms with Crippen molar-refractivity contribution in [1.29, 1.82) is 0 Å². The molecule has 0 amide bonds. The standard InChI is InChI=1S/C19H24BrNO5/c1-2-3-8-24-17-11-25-21-18(17)14-10-13(20)6-7-15(14)26-16(19(22)23)9-12-4-5-12/h6-7,10,12,16-17H,2-5,8-9,11H2,1H3,(H,22,23)/t16-,17?/m0/s1. The van der Waals surface area contributed by atoms with E-state index in [0.29, 0.717) is 42.6 Å². The fraction of sp³-hybridized carbons (Fsp3) is 0.579. The minimum atomic E-state index is -0.939. The Morgan fingerprint density at radius 1 is 1.46 bits per heavy atom. The number of rotatable bonds is 10. The van der Waals surface area contributed by atoms with Gasteiger partial charge in [0, 0.05) is 16.6 Å². The Bertz CT molecular complexity index is 674. The summed E-state index contributed by atoms with van der Waals surface area (Å²) >= 11 is 3.46. The maximum absolute atomic E-state index is 11.6. The highest BCUT2D eigenvalue weighted by Crippen LogP contribution is 2.35. The number of carboxylic acids is 1. The van der Waals surface area contributed by atoms with E-state index in [1.165, 1.54) is 0 Å². The summed E-state index contributed by atoms with van der Waals surface area (Å²) in [7, 11) is 0. The lowest BCUT2D eigenvalue weighted by Crippen LogP contribution is -2.30. The van der Waals surface area contributed by atoms with Crippen LogP contribution in [0, 0.1) is 5.92 Å². The van der Waals surface area contributed by atoms with E-state index in [2.05, 4.69) is 28.0 Å². The van der Waals surface area contributed by atoms with Crippen molar-refractivity contribution in [2.45, 2.75) is 51.2 Å². The number of ether oxygens (including phenoxy) is 2. The molecule has 1 aliphatic heterocycles. The zero-order valence-electron chi connectivity index (χ0n) is 14.8. The van der Waals surface area contributed by atoms with Crippen molar-refractivity contribution in [3.8, 4) is 5.75 Å². The van der Waals surface area contributed by atoms with Gasteiger partial charge in [0.2, 0.25) is 0 Å². The van der Waals surface area contributed by atoms with Gasteiger partial charge in [0.1, 0.15) is 24.2 Å². The Kier molecular flexibility index (Phi) is 6.53. The maximum Gasteiger partial charge on any atom is 0.344 e. The van der Waals surface area contributed by atoms with Crippen molar-refractivity contribution in [3.63, 3.8) is 0 Å². The minimum absolute atomic E-state index is 0.273. The first-order valence-corrected chi connectivity index (χ1v) is 9.88. The third kappa shape index (κ3) is 4.98. The second kappa shape index (κ2) is 8.86. The van der Waals surface area contributed by atoms with E-state index in [1.54, 1.807) is 6.07 Å². The summed E-state index contributed by atoms with van der Waals surface area (Å²) in [5.41, 5.74) is 1.35. The van der Waals surface area contributed by atoms with E-state index in [0.717, 1.165) is 30.2 Å². The molecule has 7 heteroatoms. The topological polar surface area (TPSA) is 77.3 Å². The fourth-order valence-corrected chi connectivity index (χ4v) is 3.21. The lowest BCUT2D eigenvalue weighted by molar-refractivity contribution is -0.145. The third-order valence-corrected chi connectivity index (χ3v) is 5.01. The Morgan fingerprint density at radius 3 is 2.96 bits per heavy atom. The van der Waals surface area contributed by atoms with Gasteiger partial charge >= 0.3 is 5.97 Å². The predicted molar refractivity (Wildman–Crippen MR) is 101 cm³/mol. The number of halogens is 1. The van der Waals surface area contributed by atoms with Crippen molar-refractivity contribution in [2.24, 2.45) is 11.1 Å². The average Bonchev–Trinajstić information content (AvgIpc) is 3.31. The molecule has 0 bridgehead atoms. The third-order valence-electron chi connectivity index (χ3n) is 4.52. The van der Waals surface area contributed by atoms with Crippen LogP contribution in [0.4, 0.5) is 0 Å². The minimum Gasteiger partial charge on any atom is -0.479 e. The van der Waals surface area contributed by atoms with E-state index < -0.39 is 12.1 Å². The number of unbranched alkanes of at least 4 members (excludes halogenated alkanes) is 1. The molecular weight excluding hydrogens is 402 g/mol. The molecule has 1 aromatic carbocycles. The Hall–Kier alpha value is -1.60. The molecule has 1 aliphatic carbocycles. The second-order valence-corrected chi connectivity index (χ2v) is 7.67. The van der Waals surface area contributed by atoms with E-state index in [4.69, 9.17) is 14.3 Å². The molecular formula is C19H24BrNO5. The van der Waals surface area contributed by atoms with Crippen LogP contribution in [0.25, 0.3) is 0 Å². The first kappa shape index (κ1) is 19.2. The molecule has 26 heavy (non-hydrogen) atoms. The smallest absolute Gasteiger partial charge is 0.344 e. The van der Waals surface area contributed by atoms with Crippen LogP contribution in [-0.4, -0.2) is 42.2 Å². The van der Waals surface area contributed by atoms with Gasteiger partial charge in [-0.3, -0.25) is 0 Å². The number of aliphatic carboxylic acids is 1. The zero-order chi connectivity index (χ0) is 18.5.